The minimum absolute atomic E-state index is 0.199. The van der Waals surface area contributed by atoms with Crippen LogP contribution in [0, 0.1) is 0 Å². The molecule has 0 saturated heterocycles. The Labute approximate surface area is 107 Å². The Morgan fingerprint density at radius 3 is 2.94 bits per heavy atom. The van der Waals surface area contributed by atoms with Crippen molar-refractivity contribution in [1.29, 1.82) is 0 Å². The second-order valence-electron chi connectivity index (χ2n) is 4.15. The molecule has 0 aliphatic carbocycles. The van der Waals surface area contributed by atoms with Crippen LogP contribution in [0.4, 0.5) is 5.95 Å². The molecule has 0 fully saturated rings. The number of aromatic nitrogens is 4. The second kappa shape index (κ2) is 5.68. The number of nitrogens with zero attached hydrogens (tertiary/aromatic N) is 4. The van der Waals surface area contributed by atoms with Gasteiger partial charge < -0.3 is 10.1 Å². The van der Waals surface area contributed by atoms with Crippen molar-refractivity contribution in [3.63, 3.8) is 0 Å². The monoisotopic (exact) mass is 249 g/mol. The summed E-state index contributed by atoms with van der Waals surface area (Å²) in [6, 6.07) is 2.17. The lowest BCUT2D eigenvalue weighted by atomic mass is 10.4. The van der Waals surface area contributed by atoms with Gasteiger partial charge >= 0.3 is 0 Å². The zero-order valence-electron chi connectivity index (χ0n) is 11.0. The molecule has 0 radical (unpaired) electrons. The zero-order chi connectivity index (χ0) is 13.0. The molecule has 2 aromatic heterocycles. The van der Waals surface area contributed by atoms with E-state index in [1.54, 1.807) is 13.3 Å². The summed E-state index contributed by atoms with van der Waals surface area (Å²) in [5.74, 6) is 1.64. The maximum atomic E-state index is 5.10. The molecule has 18 heavy (non-hydrogen) atoms. The molecule has 6 nitrogen and oxygen atoms in total. The van der Waals surface area contributed by atoms with Crippen LogP contribution in [0.25, 0.3) is 5.82 Å². The van der Waals surface area contributed by atoms with Crippen LogP contribution >= 0.6 is 0 Å². The first-order valence-electron chi connectivity index (χ1n) is 6.07. The number of aryl methyl sites for hydroxylation is 1. The van der Waals surface area contributed by atoms with E-state index in [1.165, 1.54) is 0 Å². The van der Waals surface area contributed by atoms with Crippen molar-refractivity contribution in [2.24, 2.45) is 0 Å². The largest absolute Gasteiger partial charge is 0.383 e. The quantitative estimate of drug-likeness (QED) is 0.843. The Bertz CT molecular complexity index is 490. The summed E-state index contributed by atoms with van der Waals surface area (Å²) in [7, 11) is 1.69. The summed E-state index contributed by atoms with van der Waals surface area (Å²) in [5.41, 5.74) is 0. The molecule has 0 bridgehead atoms. The number of rotatable bonds is 6. The second-order valence-corrected chi connectivity index (χ2v) is 4.15. The van der Waals surface area contributed by atoms with Crippen molar-refractivity contribution in [3.8, 4) is 5.82 Å². The molecule has 1 unspecified atom stereocenters. The van der Waals surface area contributed by atoms with Gasteiger partial charge in [0.25, 0.3) is 0 Å². The molecule has 0 aliphatic rings. The fraction of sp³-hybridized carbons (Fsp3) is 0.500. The van der Waals surface area contributed by atoms with E-state index in [4.69, 9.17) is 4.74 Å². The first-order chi connectivity index (χ1) is 8.74. The molecule has 6 heteroatoms. The van der Waals surface area contributed by atoms with Crippen LogP contribution in [0.15, 0.2) is 24.7 Å². The zero-order valence-corrected chi connectivity index (χ0v) is 11.0. The number of methoxy groups -OCH3 is 1. The van der Waals surface area contributed by atoms with Crippen molar-refractivity contribution >= 4 is 5.95 Å². The Hall–Kier alpha value is -1.82. The molecule has 0 aromatic carbocycles. The Morgan fingerprint density at radius 1 is 1.44 bits per heavy atom. The predicted molar refractivity (Wildman–Crippen MR) is 70.0 cm³/mol. The molecule has 2 rings (SSSR count). The lowest BCUT2D eigenvalue weighted by Gasteiger charge is -2.14. The smallest absolute Gasteiger partial charge is 0.209 e. The van der Waals surface area contributed by atoms with Crippen molar-refractivity contribution in [2.45, 2.75) is 26.4 Å². The average Bonchev–Trinajstić information content (AvgIpc) is 2.96. The lowest BCUT2D eigenvalue weighted by molar-refractivity contribution is 0.190. The minimum Gasteiger partial charge on any atom is -0.383 e. The van der Waals surface area contributed by atoms with Gasteiger partial charge in [-0.05, 0) is 13.8 Å². The third-order valence-electron chi connectivity index (χ3n) is 2.63. The van der Waals surface area contributed by atoms with Gasteiger partial charge in [0.1, 0.15) is 0 Å². The lowest BCUT2D eigenvalue weighted by Crippen LogP contribution is -2.23. The van der Waals surface area contributed by atoms with E-state index in [1.807, 2.05) is 34.6 Å². The fourth-order valence-electron chi connectivity index (χ4n) is 1.76. The fourth-order valence-corrected chi connectivity index (χ4v) is 1.76. The summed E-state index contributed by atoms with van der Waals surface area (Å²) < 4.78 is 8.92. The van der Waals surface area contributed by atoms with Crippen molar-refractivity contribution < 1.29 is 4.74 Å². The van der Waals surface area contributed by atoms with E-state index in [0.29, 0.717) is 6.61 Å². The van der Waals surface area contributed by atoms with Crippen LogP contribution in [-0.4, -0.2) is 39.1 Å². The van der Waals surface area contributed by atoms with Gasteiger partial charge in [0.15, 0.2) is 5.82 Å². The van der Waals surface area contributed by atoms with Crippen LogP contribution in [0.2, 0.25) is 0 Å². The predicted octanol–water partition coefficient (Wildman–Crippen LogP) is 1.54. The Kier molecular flexibility index (Phi) is 3.99. The molecule has 0 amide bonds. The maximum Gasteiger partial charge on any atom is 0.209 e. The molecular weight excluding hydrogens is 230 g/mol. The molecule has 1 atom stereocenters. The van der Waals surface area contributed by atoms with Crippen LogP contribution in [0.3, 0.4) is 0 Å². The number of imidazole rings is 1. The van der Waals surface area contributed by atoms with E-state index < -0.39 is 0 Å². The first-order valence-corrected chi connectivity index (χ1v) is 6.07. The third-order valence-corrected chi connectivity index (χ3v) is 2.63. The molecule has 98 valence electrons. The van der Waals surface area contributed by atoms with Gasteiger partial charge in [-0.25, -0.2) is 4.98 Å². The van der Waals surface area contributed by atoms with Crippen LogP contribution < -0.4 is 5.32 Å². The highest BCUT2D eigenvalue weighted by molar-refractivity contribution is 5.37. The van der Waals surface area contributed by atoms with Gasteiger partial charge in [0.2, 0.25) is 5.95 Å². The van der Waals surface area contributed by atoms with Gasteiger partial charge in [0, 0.05) is 44.4 Å². The molecule has 0 saturated carbocycles. The normalized spacial score (nSPS) is 12.6. The Morgan fingerprint density at radius 2 is 2.28 bits per heavy atom. The maximum absolute atomic E-state index is 5.10. The number of ether oxygens (including phenoxy) is 1. The van der Waals surface area contributed by atoms with E-state index in [9.17, 15) is 0 Å². The van der Waals surface area contributed by atoms with Crippen LogP contribution in [0.1, 0.15) is 13.8 Å². The Balaban J connectivity index is 2.16. The molecule has 2 heterocycles. The number of anilines is 1. The van der Waals surface area contributed by atoms with Gasteiger partial charge in [-0.1, -0.05) is 0 Å². The van der Waals surface area contributed by atoms with E-state index in [2.05, 4.69) is 22.3 Å². The molecule has 0 aliphatic heterocycles. The van der Waals surface area contributed by atoms with Crippen LogP contribution in [0.5, 0.6) is 0 Å². The molecular formula is C12H19N5O. The summed E-state index contributed by atoms with van der Waals surface area (Å²) in [6.07, 6.45) is 5.61. The minimum atomic E-state index is 0.199. The molecule has 2 aromatic rings. The van der Waals surface area contributed by atoms with Gasteiger partial charge in [-0.2, -0.15) is 5.10 Å². The first kappa shape index (κ1) is 12.6. The van der Waals surface area contributed by atoms with Gasteiger partial charge in [-0.15, -0.1) is 0 Å². The number of hydrogen-bond donors (Lipinski definition) is 1. The number of nitrogens with one attached hydrogen (secondary N) is 1. The topological polar surface area (TPSA) is 56.9 Å². The van der Waals surface area contributed by atoms with Gasteiger partial charge in [0.05, 0.1) is 6.61 Å². The van der Waals surface area contributed by atoms with E-state index >= 15 is 0 Å². The average molecular weight is 249 g/mol. The number of hydrogen-bond acceptors (Lipinski definition) is 4. The molecule has 0 spiro atoms. The summed E-state index contributed by atoms with van der Waals surface area (Å²) in [4.78, 5) is 4.30. The summed E-state index contributed by atoms with van der Waals surface area (Å²) >= 11 is 0. The third kappa shape index (κ3) is 2.70. The summed E-state index contributed by atoms with van der Waals surface area (Å²) in [5, 5.41) is 7.75. The highest BCUT2D eigenvalue weighted by atomic mass is 16.5. The van der Waals surface area contributed by atoms with E-state index in [0.717, 1.165) is 18.3 Å². The van der Waals surface area contributed by atoms with E-state index in [-0.39, 0.29) is 6.04 Å². The standard InChI is InChI=1S/C12H19N5O/c1-4-16-7-5-11(15-16)17-8-6-13-12(17)14-10(2)9-18-3/h5-8,10H,4,9H2,1-3H3,(H,13,14). The SMILES string of the molecule is CCn1ccc(-n2ccnc2NC(C)COC)n1. The van der Waals surface area contributed by atoms with Gasteiger partial charge in [-0.3, -0.25) is 9.25 Å². The summed E-state index contributed by atoms with van der Waals surface area (Å²) in [6.45, 7) is 5.60. The molecule has 1 N–H and O–H groups in total. The van der Waals surface area contributed by atoms with Crippen molar-refractivity contribution in [3.05, 3.63) is 24.7 Å². The van der Waals surface area contributed by atoms with Crippen molar-refractivity contribution in [1.82, 2.24) is 19.3 Å². The highest BCUT2D eigenvalue weighted by Gasteiger charge is 2.10. The van der Waals surface area contributed by atoms with Crippen molar-refractivity contribution in [2.75, 3.05) is 19.0 Å². The van der Waals surface area contributed by atoms with Crippen LogP contribution in [-0.2, 0) is 11.3 Å². The highest BCUT2D eigenvalue weighted by Crippen LogP contribution is 2.13.